The second-order valence-electron chi connectivity index (χ2n) is 6.86. The van der Waals surface area contributed by atoms with E-state index in [0.717, 1.165) is 23.2 Å². The highest BCUT2D eigenvalue weighted by molar-refractivity contribution is 7.89. The van der Waals surface area contributed by atoms with Crippen LogP contribution in [-0.2, 0) is 21.2 Å². The molecule has 144 valence electrons. The van der Waals surface area contributed by atoms with Gasteiger partial charge in [0.15, 0.2) is 0 Å². The Hall–Kier alpha value is -2.38. The average Bonchev–Trinajstić information content (AvgIpc) is 2.97. The van der Waals surface area contributed by atoms with Crippen molar-refractivity contribution in [3.63, 3.8) is 0 Å². The number of sulfonamides is 1. The number of amides is 1. The lowest BCUT2D eigenvalue weighted by molar-refractivity contribution is -0.117. The van der Waals surface area contributed by atoms with Gasteiger partial charge in [-0.25, -0.2) is 13.1 Å². The van der Waals surface area contributed by atoms with E-state index in [4.69, 9.17) is 4.74 Å². The maximum atomic E-state index is 12.7. The van der Waals surface area contributed by atoms with Crippen molar-refractivity contribution in [2.45, 2.75) is 38.1 Å². The topological polar surface area (TPSA) is 75.7 Å². The molecule has 3 rings (SSSR count). The molecule has 1 unspecified atom stereocenters. The van der Waals surface area contributed by atoms with Crippen molar-refractivity contribution >= 4 is 21.6 Å². The molecular formula is C20H24N2O4S. The van der Waals surface area contributed by atoms with E-state index in [1.807, 2.05) is 31.2 Å². The predicted octanol–water partition coefficient (Wildman–Crippen LogP) is 2.57. The molecule has 0 aromatic heterocycles. The maximum Gasteiger partial charge on any atom is 0.242 e. The van der Waals surface area contributed by atoms with Crippen LogP contribution in [0.25, 0.3) is 0 Å². The summed E-state index contributed by atoms with van der Waals surface area (Å²) in [7, 11) is -2.27. The number of carbonyl (C=O) groups is 1. The number of nitrogens with zero attached hydrogens (tertiary/aromatic N) is 1. The van der Waals surface area contributed by atoms with Gasteiger partial charge in [-0.2, -0.15) is 0 Å². The molecular weight excluding hydrogens is 364 g/mol. The van der Waals surface area contributed by atoms with Crippen LogP contribution in [-0.4, -0.2) is 34.0 Å². The molecule has 0 fully saturated rings. The summed E-state index contributed by atoms with van der Waals surface area (Å²) in [5, 5.41) is 0. The Balaban J connectivity index is 1.78. The van der Waals surface area contributed by atoms with Gasteiger partial charge in [0, 0.05) is 11.7 Å². The summed E-state index contributed by atoms with van der Waals surface area (Å²) < 4.78 is 33.1. The molecule has 7 heteroatoms. The van der Waals surface area contributed by atoms with Crippen LogP contribution >= 0.6 is 0 Å². The van der Waals surface area contributed by atoms with Crippen molar-refractivity contribution in [3.8, 4) is 5.75 Å². The number of hydrogen-bond acceptors (Lipinski definition) is 4. The number of carbonyl (C=O) groups excluding carboxylic acids is 1. The lowest BCUT2D eigenvalue weighted by atomic mass is 10.1. The van der Waals surface area contributed by atoms with Crippen molar-refractivity contribution < 1.29 is 17.9 Å². The minimum atomic E-state index is -3.81. The van der Waals surface area contributed by atoms with E-state index in [1.54, 1.807) is 38.0 Å². The van der Waals surface area contributed by atoms with Crippen LogP contribution in [0.2, 0.25) is 0 Å². The van der Waals surface area contributed by atoms with Crippen molar-refractivity contribution in [2.24, 2.45) is 0 Å². The number of aryl methyl sites for hydroxylation is 2. The van der Waals surface area contributed by atoms with Crippen LogP contribution in [0, 0.1) is 13.8 Å². The van der Waals surface area contributed by atoms with Crippen molar-refractivity contribution in [2.75, 3.05) is 18.6 Å². The summed E-state index contributed by atoms with van der Waals surface area (Å²) in [6, 6.07) is 11.0. The second-order valence-corrected chi connectivity index (χ2v) is 8.59. The van der Waals surface area contributed by atoms with E-state index in [9.17, 15) is 13.2 Å². The van der Waals surface area contributed by atoms with E-state index in [1.165, 1.54) is 0 Å². The summed E-state index contributed by atoms with van der Waals surface area (Å²) in [4.78, 5) is 14.6. The number of hydrogen-bond donors (Lipinski definition) is 1. The highest BCUT2D eigenvalue weighted by atomic mass is 32.2. The normalized spacial score (nSPS) is 16.3. The first-order valence-corrected chi connectivity index (χ1v) is 10.3. The van der Waals surface area contributed by atoms with E-state index in [0.29, 0.717) is 11.3 Å². The third-order valence-corrected chi connectivity index (χ3v) is 6.41. The number of rotatable bonds is 5. The standard InChI is InChI=1S/C20H24N2O4S/c1-13-10-19(14(2)9-18(13)26-4)27(24,25)21-12-20(23)22-15(3)11-16-7-5-6-8-17(16)22/h5-10,15,21H,11-12H2,1-4H3. The first-order valence-electron chi connectivity index (χ1n) is 8.79. The van der Waals surface area contributed by atoms with Crippen LogP contribution in [0.5, 0.6) is 5.75 Å². The lowest BCUT2D eigenvalue weighted by Crippen LogP contribution is -2.43. The van der Waals surface area contributed by atoms with E-state index in [-0.39, 0.29) is 23.4 Å². The highest BCUT2D eigenvalue weighted by Gasteiger charge is 2.31. The number of fused-ring (bicyclic) bond motifs is 1. The second kappa shape index (κ2) is 7.32. The SMILES string of the molecule is COc1cc(C)c(S(=O)(=O)NCC(=O)N2c3ccccc3CC2C)cc1C. The van der Waals surface area contributed by atoms with Crippen molar-refractivity contribution in [1.29, 1.82) is 0 Å². The first-order chi connectivity index (χ1) is 12.7. The average molecular weight is 388 g/mol. The number of ether oxygens (including phenoxy) is 1. The largest absolute Gasteiger partial charge is 0.496 e. The summed E-state index contributed by atoms with van der Waals surface area (Å²) in [6.07, 6.45) is 0.769. The zero-order valence-electron chi connectivity index (χ0n) is 15.9. The number of methoxy groups -OCH3 is 1. The third-order valence-electron chi connectivity index (χ3n) is 4.87. The molecule has 1 aliphatic heterocycles. The van der Waals surface area contributed by atoms with Crippen LogP contribution < -0.4 is 14.4 Å². The Morgan fingerprint density at radius 2 is 1.93 bits per heavy atom. The van der Waals surface area contributed by atoms with Crippen LogP contribution in [0.3, 0.4) is 0 Å². The summed E-state index contributed by atoms with van der Waals surface area (Å²) >= 11 is 0. The van der Waals surface area contributed by atoms with E-state index in [2.05, 4.69) is 4.72 Å². The molecule has 1 aliphatic rings. The van der Waals surface area contributed by atoms with Gasteiger partial charge in [-0.3, -0.25) is 4.79 Å². The number of nitrogens with one attached hydrogen (secondary N) is 1. The smallest absolute Gasteiger partial charge is 0.242 e. The minimum absolute atomic E-state index is 0.00405. The van der Waals surface area contributed by atoms with Gasteiger partial charge in [0.1, 0.15) is 5.75 Å². The zero-order chi connectivity index (χ0) is 19.8. The Morgan fingerprint density at radius 1 is 1.22 bits per heavy atom. The van der Waals surface area contributed by atoms with Gasteiger partial charge < -0.3 is 9.64 Å². The van der Waals surface area contributed by atoms with Gasteiger partial charge in [-0.1, -0.05) is 18.2 Å². The molecule has 0 bridgehead atoms. The number of benzene rings is 2. The van der Waals surface area contributed by atoms with Gasteiger partial charge in [0.2, 0.25) is 15.9 Å². The first kappa shape index (κ1) is 19.4. The molecule has 1 heterocycles. The summed E-state index contributed by atoms with van der Waals surface area (Å²) in [6.45, 7) is 5.16. The van der Waals surface area contributed by atoms with E-state index >= 15 is 0 Å². The highest BCUT2D eigenvalue weighted by Crippen LogP contribution is 2.32. The lowest BCUT2D eigenvalue weighted by Gasteiger charge is -2.23. The Kier molecular flexibility index (Phi) is 5.26. The molecule has 27 heavy (non-hydrogen) atoms. The number of para-hydroxylation sites is 1. The van der Waals surface area contributed by atoms with Gasteiger partial charge >= 0.3 is 0 Å². The quantitative estimate of drug-likeness (QED) is 0.854. The maximum absolute atomic E-state index is 12.7. The molecule has 0 radical (unpaired) electrons. The van der Waals surface area contributed by atoms with Gasteiger partial charge in [0.05, 0.1) is 18.6 Å². The fourth-order valence-corrected chi connectivity index (χ4v) is 4.82. The van der Waals surface area contributed by atoms with Gasteiger partial charge in [-0.15, -0.1) is 0 Å². The molecule has 0 spiro atoms. The zero-order valence-corrected chi connectivity index (χ0v) is 16.8. The number of anilines is 1. The molecule has 1 amide bonds. The summed E-state index contributed by atoms with van der Waals surface area (Å²) in [5.41, 5.74) is 3.24. The Morgan fingerprint density at radius 3 is 2.63 bits per heavy atom. The van der Waals surface area contributed by atoms with Gasteiger partial charge in [-0.05, 0) is 62.1 Å². The fourth-order valence-electron chi connectivity index (χ4n) is 3.54. The van der Waals surface area contributed by atoms with Crippen molar-refractivity contribution in [1.82, 2.24) is 4.72 Å². The fraction of sp³-hybridized carbons (Fsp3) is 0.350. The summed E-state index contributed by atoms with van der Waals surface area (Å²) in [5.74, 6) is 0.365. The minimum Gasteiger partial charge on any atom is -0.496 e. The Bertz CT molecular complexity index is 985. The van der Waals surface area contributed by atoms with Crippen LogP contribution in [0.15, 0.2) is 41.3 Å². The van der Waals surface area contributed by atoms with Crippen LogP contribution in [0.1, 0.15) is 23.6 Å². The molecule has 2 aromatic carbocycles. The van der Waals surface area contributed by atoms with Crippen molar-refractivity contribution in [3.05, 3.63) is 53.1 Å². The van der Waals surface area contributed by atoms with E-state index < -0.39 is 10.0 Å². The third kappa shape index (κ3) is 3.70. The predicted molar refractivity (Wildman–Crippen MR) is 105 cm³/mol. The molecule has 0 aliphatic carbocycles. The molecule has 6 nitrogen and oxygen atoms in total. The monoisotopic (exact) mass is 388 g/mol. The Labute approximate surface area is 160 Å². The molecule has 0 saturated heterocycles. The molecule has 1 atom stereocenters. The van der Waals surface area contributed by atoms with Crippen LogP contribution in [0.4, 0.5) is 5.69 Å². The molecule has 1 N–H and O–H groups in total. The van der Waals surface area contributed by atoms with Gasteiger partial charge in [0.25, 0.3) is 0 Å². The molecule has 2 aromatic rings. The molecule has 0 saturated carbocycles.